The number of fused-ring (bicyclic) bond motifs is 1. The summed E-state index contributed by atoms with van der Waals surface area (Å²) in [5, 5.41) is 10.3. The molecule has 0 radical (unpaired) electrons. The van der Waals surface area contributed by atoms with Crippen molar-refractivity contribution < 1.29 is 9.90 Å². The zero-order valence-corrected chi connectivity index (χ0v) is 12.3. The average Bonchev–Trinajstić information content (AvgIpc) is 2.35. The lowest BCUT2D eigenvalue weighted by molar-refractivity contribution is 0.0697. The van der Waals surface area contributed by atoms with E-state index in [-0.39, 0.29) is 11.0 Å². The van der Waals surface area contributed by atoms with Gasteiger partial charge in [0.1, 0.15) is 11.4 Å². The van der Waals surface area contributed by atoms with Gasteiger partial charge in [-0.05, 0) is 17.5 Å². The SMILES string of the molecule is CN(CC(C)(C)C)c1nc2ccccc2cc1C(=O)O. The molecule has 0 unspecified atom stereocenters. The second-order valence-corrected chi connectivity index (χ2v) is 6.27. The Balaban J connectivity index is 2.55. The van der Waals surface area contributed by atoms with Crippen LogP contribution in [0, 0.1) is 5.41 Å². The Morgan fingerprint density at radius 1 is 1.30 bits per heavy atom. The second-order valence-electron chi connectivity index (χ2n) is 6.27. The van der Waals surface area contributed by atoms with E-state index in [0.717, 1.165) is 17.4 Å². The first-order valence-electron chi connectivity index (χ1n) is 6.62. The molecule has 20 heavy (non-hydrogen) atoms. The molecular weight excluding hydrogens is 252 g/mol. The molecule has 0 aliphatic rings. The topological polar surface area (TPSA) is 53.4 Å². The highest BCUT2D eigenvalue weighted by atomic mass is 16.4. The van der Waals surface area contributed by atoms with Crippen LogP contribution in [0.15, 0.2) is 30.3 Å². The van der Waals surface area contributed by atoms with Gasteiger partial charge >= 0.3 is 5.97 Å². The zero-order chi connectivity index (χ0) is 14.9. The standard InChI is InChI=1S/C16H20N2O2/c1-16(2,3)10-18(4)14-12(15(19)20)9-11-7-5-6-8-13(11)17-14/h5-9H,10H2,1-4H3,(H,19,20). The second kappa shape index (κ2) is 5.12. The molecule has 0 fully saturated rings. The van der Waals surface area contributed by atoms with Crippen molar-refractivity contribution in [2.24, 2.45) is 5.41 Å². The van der Waals surface area contributed by atoms with Gasteiger partial charge in [0.25, 0.3) is 0 Å². The number of rotatable bonds is 3. The Morgan fingerprint density at radius 3 is 2.55 bits per heavy atom. The third-order valence-electron chi connectivity index (χ3n) is 3.01. The van der Waals surface area contributed by atoms with Crippen LogP contribution in [0.4, 0.5) is 5.82 Å². The maximum atomic E-state index is 11.5. The zero-order valence-electron chi connectivity index (χ0n) is 12.3. The van der Waals surface area contributed by atoms with E-state index in [1.54, 1.807) is 6.07 Å². The molecule has 0 spiro atoms. The Labute approximate surface area is 119 Å². The molecule has 1 heterocycles. The van der Waals surface area contributed by atoms with Crippen molar-refractivity contribution >= 4 is 22.7 Å². The largest absolute Gasteiger partial charge is 0.478 e. The van der Waals surface area contributed by atoms with Crippen LogP contribution in [-0.4, -0.2) is 29.7 Å². The highest BCUT2D eigenvalue weighted by Crippen LogP contribution is 2.25. The minimum atomic E-state index is -0.945. The summed E-state index contributed by atoms with van der Waals surface area (Å²) in [6.45, 7) is 7.08. The predicted octanol–water partition coefficient (Wildman–Crippen LogP) is 3.42. The van der Waals surface area contributed by atoms with E-state index in [9.17, 15) is 9.90 Å². The first-order valence-corrected chi connectivity index (χ1v) is 6.62. The van der Waals surface area contributed by atoms with Crippen LogP contribution in [0.5, 0.6) is 0 Å². The first kappa shape index (κ1) is 14.3. The summed E-state index contributed by atoms with van der Waals surface area (Å²) in [5.74, 6) is -0.426. The normalized spacial score (nSPS) is 11.6. The number of aromatic nitrogens is 1. The fourth-order valence-corrected chi connectivity index (χ4v) is 2.34. The van der Waals surface area contributed by atoms with Gasteiger partial charge in [0.05, 0.1) is 5.52 Å². The minimum absolute atomic E-state index is 0.0673. The van der Waals surface area contributed by atoms with Gasteiger partial charge in [-0.1, -0.05) is 39.0 Å². The number of aromatic carboxylic acids is 1. The predicted molar refractivity (Wildman–Crippen MR) is 81.4 cm³/mol. The number of nitrogens with zero attached hydrogens (tertiary/aromatic N) is 2. The first-order chi connectivity index (χ1) is 9.28. The fourth-order valence-electron chi connectivity index (χ4n) is 2.34. The number of pyridine rings is 1. The number of carbonyl (C=O) groups is 1. The maximum Gasteiger partial charge on any atom is 0.339 e. The van der Waals surface area contributed by atoms with E-state index in [1.165, 1.54) is 0 Å². The molecule has 1 N–H and O–H groups in total. The third kappa shape index (κ3) is 3.07. The number of hydrogen-bond donors (Lipinski definition) is 1. The van der Waals surface area contributed by atoms with Gasteiger partial charge in [-0.25, -0.2) is 9.78 Å². The van der Waals surface area contributed by atoms with Crippen LogP contribution in [0.2, 0.25) is 0 Å². The molecule has 0 amide bonds. The Kier molecular flexibility index (Phi) is 3.66. The minimum Gasteiger partial charge on any atom is -0.478 e. The molecule has 1 aromatic heterocycles. The number of carboxylic acids is 1. The van der Waals surface area contributed by atoms with E-state index in [2.05, 4.69) is 25.8 Å². The van der Waals surface area contributed by atoms with Crippen LogP contribution in [0.25, 0.3) is 10.9 Å². The highest BCUT2D eigenvalue weighted by Gasteiger charge is 2.20. The molecule has 106 valence electrons. The molecule has 1 aromatic carbocycles. The summed E-state index contributed by atoms with van der Waals surface area (Å²) in [6.07, 6.45) is 0. The number of para-hydroxylation sites is 1. The fraction of sp³-hybridized carbons (Fsp3) is 0.375. The number of hydrogen-bond acceptors (Lipinski definition) is 3. The molecule has 0 atom stereocenters. The van der Waals surface area contributed by atoms with E-state index < -0.39 is 5.97 Å². The molecule has 0 saturated carbocycles. The van der Waals surface area contributed by atoms with Crippen LogP contribution in [0.1, 0.15) is 31.1 Å². The van der Waals surface area contributed by atoms with Gasteiger partial charge in [0.15, 0.2) is 0 Å². The molecule has 4 nitrogen and oxygen atoms in total. The smallest absolute Gasteiger partial charge is 0.339 e. The van der Waals surface area contributed by atoms with E-state index in [0.29, 0.717) is 5.82 Å². The average molecular weight is 272 g/mol. The van der Waals surface area contributed by atoms with Crippen molar-refractivity contribution in [1.29, 1.82) is 0 Å². The molecule has 0 saturated heterocycles. The van der Waals surface area contributed by atoms with Crippen LogP contribution < -0.4 is 4.90 Å². The lowest BCUT2D eigenvalue weighted by atomic mass is 9.96. The van der Waals surface area contributed by atoms with Crippen molar-refractivity contribution in [2.75, 3.05) is 18.5 Å². The van der Waals surface area contributed by atoms with Crippen LogP contribution in [0.3, 0.4) is 0 Å². The number of carboxylic acid groups (broad SMARTS) is 1. The highest BCUT2D eigenvalue weighted by molar-refractivity contribution is 5.98. The Morgan fingerprint density at radius 2 is 1.95 bits per heavy atom. The lowest BCUT2D eigenvalue weighted by Gasteiger charge is -2.28. The quantitative estimate of drug-likeness (QED) is 0.930. The molecule has 0 bridgehead atoms. The van der Waals surface area contributed by atoms with Crippen molar-refractivity contribution in [1.82, 2.24) is 4.98 Å². The van der Waals surface area contributed by atoms with E-state index in [4.69, 9.17) is 0 Å². The van der Waals surface area contributed by atoms with Crippen molar-refractivity contribution in [2.45, 2.75) is 20.8 Å². The van der Waals surface area contributed by atoms with Gasteiger partial charge < -0.3 is 10.0 Å². The van der Waals surface area contributed by atoms with Crippen molar-refractivity contribution in [3.63, 3.8) is 0 Å². The maximum absolute atomic E-state index is 11.5. The molecular formula is C16H20N2O2. The molecule has 0 aliphatic carbocycles. The van der Waals surface area contributed by atoms with Crippen LogP contribution in [-0.2, 0) is 0 Å². The van der Waals surface area contributed by atoms with Gasteiger partial charge in [-0.3, -0.25) is 0 Å². The van der Waals surface area contributed by atoms with E-state index >= 15 is 0 Å². The Bertz CT molecular complexity index is 644. The van der Waals surface area contributed by atoms with Gasteiger partial charge in [0.2, 0.25) is 0 Å². The summed E-state index contributed by atoms with van der Waals surface area (Å²) >= 11 is 0. The summed E-state index contributed by atoms with van der Waals surface area (Å²) in [6, 6.07) is 9.26. The monoisotopic (exact) mass is 272 g/mol. The molecule has 2 rings (SSSR count). The molecule has 0 aliphatic heterocycles. The Hall–Kier alpha value is -2.10. The molecule has 2 aromatic rings. The number of anilines is 1. The lowest BCUT2D eigenvalue weighted by Crippen LogP contribution is -2.31. The number of benzene rings is 1. The van der Waals surface area contributed by atoms with Crippen LogP contribution >= 0.6 is 0 Å². The summed E-state index contributed by atoms with van der Waals surface area (Å²) in [5.41, 5.74) is 1.13. The summed E-state index contributed by atoms with van der Waals surface area (Å²) < 4.78 is 0. The summed E-state index contributed by atoms with van der Waals surface area (Å²) in [4.78, 5) is 17.9. The van der Waals surface area contributed by atoms with Gasteiger partial charge in [0, 0.05) is 19.0 Å². The van der Waals surface area contributed by atoms with Crippen molar-refractivity contribution in [3.8, 4) is 0 Å². The summed E-state index contributed by atoms with van der Waals surface area (Å²) in [7, 11) is 1.88. The van der Waals surface area contributed by atoms with E-state index in [1.807, 2.05) is 36.2 Å². The van der Waals surface area contributed by atoms with Gasteiger partial charge in [-0.2, -0.15) is 0 Å². The van der Waals surface area contributed by atoms with Gasteiger partial charge in [-0.15, -0.1) is 0 Å². The molecule has 4 heteroatoms. The van der Waals surface area contributed by atoms with Crippen molar-refractivity contribution in [3.05, 3.63) is 35.9 Å². The third-order valence-corrected chi connectivity index (χ3v) is 3.01.